The lowest BCUT2D eigenvalue weighted by molar-refractivity contribution is -0.142. The topological polar surface area (TPSA) is 79.5 Å². The van der Waals surface area contributed by atoms with Crippen LogP contribution in [0.25, 0.3) is 0 Å². The van der Waals surface area contributed by atoms with E-state index >= 15 is 0 Å². The molecule has 16 heavy (non-hydrogen) atoms. The second-order valence-corrected chi connectivity index (χ2v) is 3.94. The van der Waals surface area contributed by atoms with Crippen molar-refractivity contribution in [1.82, 2.24) is 4.98 Å². The van der Waals surface area contributed by atoms with E-state index in [1.807, 2.05) is 0 Å². The average Bonchev–Trinajstić information content (AvgIpc) is 2.63. The number of aliphatic carboxylic acids is 1. The molecule has 5 nitrogen and oxygen atoms in total. The van der Waals surface area contributed by atoms with Crippen LogP contribution in [0.4, 0.5) is 10.2 Å². The van der Waals surface area contributed by atoms with E-state index in [-0.39, 0.29) is 12.4 Å². The molecule has 1 fully saturated rings. The predicted octanol–water partition coefficient (Wildman–Crippen LogP) is 0.213. The maximum Gasteiger partial charge on any atom is 0.325 e. The molecule has 0 radical (unpaired) electrons. The van der Waals surface area contributed by atoms with E-state index in [0.29, 0.717) is 13.0 Å². The molecule has 6 heteroatoms. The van der Waals surface area contributed by atoms with Gasteiger partial charge in [-0.1, -0.05) is 0 Å². The van der Waals surface area contributed by atoms with Crippen molar-refractivity contribution >= 4 is 11.8 Å². The highest BCUT2D eigenvalue weighted by molar-refractivity contribution is 5.80. The van der Waals surface area contributed by atoms with Crippen LogP contribution in [0.3, 0.4) is 0 Å². The Morgan fingerprint density at radius 3 is 3.00 bits per heavy atom. The van der Waals surface area contributed by atoms with Gasteiger partial charge in [0.05, 0.1) is 0 Å². The van der Waals surface area contributed by atoms with E-state index in [0.717, 1.165) is 0 Å². The van der Waals surface area contributed by atoms with Gasteiger partial charge in [0.15, 0.2) is 11.6 Å². The number of nitrogens with two attached hydrogens (primary N) is 1. The van der Waals surface area contributed by atoms with Gasteiger partial charge in [0.1, 0.15) is 5.54 Å². The zero-order chi connectivity index (χ0) is 11.8. The van der Waals surface area contributed by atoms with Crippen molar-refractivity contribution in [3.63, 3.8) is 0 Å². The molecule has 1 saturated heterocycles. The molecule has 3 N–H and O–H groups in total. The molecule has 1 aliphatic rings. The third kappa shape index (κ3) is 1.71. The Kier molecular flexibility index (Phi) is 2.51. The van der Waals surface area contributed by atoms with Crippen LogP contribution in [0.2, 0.25) is 0 Å². The number of hydrogen-bond acceptors (Lipinski definition) is 4. The van der Waals surface area contributed by atoms with Gasteiger partial charge in [0.2, 0.25) is 0 Å². The summed E-state index contributed by atoms with van der Waals surface area (Å²) in [5, 5.41) is 8.94. The van der Waals surface area contributed by atoms with E-state index in [1.165, 1.54) is 18.3 Å². The van der Waals surface area contributed by atoms with Gasteiger partial charge in [-0.15, -0.1) is 0 Å². The summed E-state index contributed by atoms with van der Waals surface area (Å²) in [5.74, 6) is -1.36. The molecule has 2 rings (SSSR count). The maximum atomic E-state index is 13.4. The predicted molar refractivity (Wildman–Crippen MR) is 55.6 cm³/mol. The molecule has 0 saturated carbocycles. The zero-order valence-corrected chi connectivity index (χ0v) is 8.56. The summed E-state index contributed by atoms with van der Waals surface area (Å²) in [4.78, 5) is 16.4. The summed E-state index contributed by atoms with van der Waals surface area (Å²) < 4.78 is 13.4. The molecule has 1 aromatic heterocycles. The third-order valence-corrected chi connectivity index (χ3v) is 2.77. The molecule has 0 bridgehead atoms. The molecule has 1 atom stereocenters. The van der Waals surface area contributed by atoms with E-state index < -0.39 is 17.3 Å². The first kappa shape index (κ1) is 10.8. The molecule has 0 amide bonds. The number of hydrogen-bond donors (Lipinski definition) is 2. The van der Waals surface area contributed by atoms with Crippen molar-refractivity contribution in [3.05, 3.63) is 24.1 Å². The Morgan fingerprint density at radius 1 is 1.69 bits per heavy atom. The van der Waals surface area contributed by atoms with Gasteiger partial charge >= 0.3 is 5.97 Å². The smallest absolute Gasteiger partial charge is 0.325 e. The number of nitrogens with zero attached hydrogens (tertiary/aromatic N) is 2. The first-order valence-electron chi connectivity index (χ1n) is 4.91. The van der Waals surface area contributed by atoms with Crippen molar-refractivity contribution in [2.45, 2.75) is 12.0 Å². The number of carbonyl (C=O) groups is 1. The molecular formula is C10H12FN3O2. The van der Waals surface area contributed by atoms with Gasteiger partial charge < -0.3 is 15.7 Å². The largest absolute Gasteiger partial charge is 0.480 e. The van der Waals surface area contributed by atoms with Crippen LogP contribution >= 0.6 is 0 Å². The molecule has 2 heterocycles. The standard InChI is InChI=1S/C10H12FN3O2/c11-7-2-1-4-13-8(7)14-5-3-10(12,6-14)9(15)16/h1-2,4H,3,5-6,12H2,(H,15,16). The second kappa shape index (κ2) is 3.71. The highest BCUT2D eigenvalue weighted by Crippen LogP contribution is 2.25. The molecule has 1 aromatic rings. The van der Waals surface area contributed by atoms with Crippen molar-refractivity contribution in [2.24, 2.45) is 5.73 Å². The number of carboxylic acid groups (broad SMARTS) is 1. The van der Waals surface area contributed by atoms with Crippen LogP contribution in [-0.4, -0.2) is 34.7 Å². The minimum absolute atomic E-state index is 0.0796. The van der Waals surface area contributed by atoms with Gasteiger partial charge in [-0.05, 0) is 18.6 Å². The fraction of sp³-hybridized carbons (Fsp3) is 0.400. The van der Waals surface area contributed by atoms with Crippen LogP contribution in [0.5, 0.6) is 0 Å². The van der Waals surface area contributed by atoms with Crippen LogP contribution < -0.4 is 10.6 Å². The summed E-state index contributed by atoms with van der Waals surface area (Å²) in [6.45, 7) is 0.479. The number of rotatable bonds is 2. The first-order valence-corrected chi connectivity index (χ1v) is 4.91. The number of anilines is 1. The minimum atomic E-state index is -1.30. The SMILES string of the molecule is NC1(C(=O)O)CCN(c2ncccc2F)C1. The average molecular weight is 225 g/mol. The lowest BCUT2D eigenvalue weighted by Crippen LogP contribution is -2.50. The molecule has 0 spiro atoms. The molecule has 0 aromatic carbocycles. The van der Waals surface area contributed by atoms with Crippen LogP contribution in [0.1, 0.15) is 6.42 Å². The van der Waals surface area contributed by atoms with Gasteiger partial charge in [-0.3, -0.25) is 4.79 Å². The van der Waals surface area contributed by atoms with Crippen LogP contribution in [0, 0.1) is 5.82 Å². The summed E-state index contributed by atoms with van der Waals surface area (Å²) >= 11 is 0. The van der Waals surface area contributed by atoms with Gasteiger partial charge in [-0.2, -0.15) is 0 Å². The van der Waals surface area contributed by atoms with Crippen molar-refractivity contribution in [1.29, 1.82) is 0 Å². The number of pyridine rings is 1. The number of carboxylic acids is 1. The highest BCUT2D eigenvalue weighted by atomic mass is 19.1. The fourth-order valence-electron chi connectivity index (χ4n) is 1.80. The summed E-state index contributed by atoms with van der Waals surface area (Å²) in [6.07, 6.45) is 1.76. The van der Waals surface area contributed by atoms with Crippen molar-refractivity contribution in [3.8, 4) is 0 Å². The third-order valence-electron chi connectivity index (χ3n) is 2.77. The number of halogens is 1. The quantitative estimate of drug-likeness (QED) is 0.752. The van der Waals surface area contributed by atoms with Crippen LogP contribution in [0.15, 0.2) is 18.3 Å². The Balaban J connectivity index is 2.22. The Morgan fingerprint density at radius 2 is 2.44 bits per heavy atom. The van der Waals surface area contributed by atoms with Gasteiger partial charge in [-0.25, -0.2) is 9.37 Å². The molecule has 0 aliphatic carbocycles. The van der Waals surface area contributed by atoms with Crippen molar-refractivity contribution in [2.75, 3.05) is 18.0 Å². The van der Waals surface area contributed by atoms with Crippen LogP contribution in [-0.2, 0) is 4.79 Å². The minimum Gasteiger partial charge on any atom is -0.480 e. The fourth-order valence-corrected chi connectivity index (χ4v) is 1.80. The van der Waals surface area contributed by atoms with E-state index in [4.69, 9.17) is 10.8 Å². The van der Waals surface area contributed by atoms with Crippen molar-refractivity contribution < 1.29 is 14.3 Å². The monoisotopic (exact) mass is 225 g/mol. The normalized spacial score (nSPS) is 24.8. The maximum absolute atomic E-state index is 13.4. The molecule has 1 unspecified atom stereocenters. The summed E-state index contributed by atoms with van der Waals surface area (Å²) in [7, 11) is 0. The summed E-state index contributed by atoms with van der Waals surface area (Å²) in [6, 6.07) is 2.78. The number of aromatic nitrogens is 1. The summed E-state index contributed by atoms with van der Waals surface area (Å²) in [5.41, 5.74) is 4.39. The Bertz CT molecular complexity index is 426. The molecular weight excluding hydrogens is 213 g/mol. The lowest BCUT2D eigenvalue weighted by atomic mass is 10.0. The Labute approximate surface area is 91.7 Å². The highest BCUT2D eigenvalue weighted by Gasteiger charge is 2.42. The van der Waals surface area contributed by atoms with E-state index in [1.54, 1.807) is 4.90 Å². The van der Waals surface area contributed by atoms with Gasteiger partial charge in [0.25, 0.3) is 0 Å². The zero-order valence-electron chi connectivity index (χ0n) is 8.56. The van der Waals surface area contributed by atoms with Gasteiger partial charge in [0, 0.05) is 19.3 Å². The van der Waals surface area contributed by atoms with E-state index in [9.17, 15) is 9.18 Å². The lowest BCUT2D eigenvalue weighted by Gasteiger charge is -2.20. The van der Waals surface area contributed by atoms with E-state index in [2.05, 4.69) is 4.98 Å². The Hall–Kier alpha value is -1.69. The molecule has 86 valence electrons. The first-order chi connectivity index (χ1) is 7.53. The molecule has 1 aliphatic heterocycles. The second-order valence-electron chi connectivity index (χ2n) is 3.94.